The molecule has 0 bridgehead atoms. The number of nitrogens with zero attached hydrogens (tertiary/aromatic N) is 4. The van der Waals surface area contributed by atoms with E-state index in [1.54, 1.807) is 32.0 Å². The number of fused-ring (bicyclic) bond motifs is 1. The molecule has 1 atom stereocenters. The fraction of sp³-hybridized carbons (Fsp3) is 0.344. The maximum Gasteiger partial charge on any atom is 0.350 e. The number of hydrogen-bond donors (Lipinski definition) is 1. The number of benzene rings is 1. The third kappa shape index (κ3) is 5.30. The van der Waals surface area contributed by atoms with Gasteiger partial charge in [-0.2, -0.15) is 0 Å². The number of aliphatic hydroxyl groups excluding tert-OH is 1. The zero-order valence-corrected chi connectivity index (χ0v) is 26.4. The van der Waals surface area contributed by atoms with Crippen LogP contribution in [0.15, 0.2) is 42.1 Å². The molecular weight excluding hydrogens is 584 g/mol. The van der Waals surface area contributed by atoms with Gasteiger partial charge in [0.05, 0.1) is 43.8 Å². The molecule has 0 radical (unpaired) electrons. The molecule has 1 amide bonds. The van der Waals surface area contributed by atoms with Gasteiger partial charge in [-0.1, -0.05) is 37.3 Å². The predicted octanol–water partition coefficient (Wildman–Crippen LogP) is 5.56. The van der Waals surface area contributed by atoms with Gasteiger partial charge in [-0.15, -0.1) is 0 Å². The van der Waals surface area contributed by atoms with Crippen molar-refractivity contribution in [3.8, 4) is 11.5 Å². The van der Waals surface area contributed by atoms with Crippen molar-refractivity contribution >= 4 is 45.5 Å². The number of pyridine rings is 1. The van der Waals surface area contributed by atoms with Gasteiger partial charge in [-0.3, -0.25) is 14.5 Å². The molecule has 1 aliphatic rings. The third-order valence-electron chi connectivity index (χ3n) is 7.57. The largest absolute Gasteiger partial charge is 0.505 e. The molecule has 5 rings (SSSR count). The highest BCUT2D eigenvalue weighted by Gasteiger charge is 2.49. The van der Waals surface area contributed by atoms with Gasteiger partial charge < -0.3 is 23.7 Å². The molecule has 3 aromatic heterocycles. The first kappa shape index (κ1) is 30.7. The topological polar surface area (TPSA) is 133 Å². The summed E-state index contributed by atoms with van der Waals surface area (Å²) in [5.74, 6) is -1.52. The summed E-state index contributed by atoms with van der Waals surface area (Å²) in [5.41, 5.74) is 2.89. The van der Waals surface area contributed by atoms with Gasteiger partial charge in [0.2, 0.25) is 0 Å². The summed E-state index contributed by atoms with van der Waals surface area (Å²) in [7, 11) is 2.75. The number of esters is 1. The number of aromatic nitrogens is 3. The van der Waals surface area contributed by atoms with Crippen LogP contribution in [0, 0.1) is 26.7 Å². The molecule has 4 aromatic rings. The van der Waals surface area contributed by atoms with E-state index in [4.69, 9.17) is 14.2 Å². The Morgan fingerprint density at radius 3 is 2.50 bits per heavy atom. The van der Waals surface area contributed by atoms with Crippen LogP contribution < -0.4 is 14.4 Å². The molecule has 11 nitrogen and oxygen atoms in total. The van der Waals surface area contributed by atoms with E-state index in [0.29, 0.717) is 46.6 Å². The number of rotatable bonds is 9. The Morgan fingerprint density at radius 1 is 1.09 bits per heavy atom. The number of hydrogen-bond acceptors (Lipinski definition) is 10. The lowest BCUT2D eigenvalue weighted by atomic mass is 9.96. The highest BCUT2D eigenvalue weighted by atomic mass is 32.1. The van der Waals surface area contributed by atoms with Crippen LogP contribution >= 0.6 is 11.3 Å². The predicted molar refractivity (Wildman–Crippen MR) is 166 cm³/mol. The van der Waals surface area contributed by atoms with E-state index < -0.39 is 29.5 Å². The summed E-state index contributed by atoms with van der Waals surface area (Å²) >= 11 is 0.926. The molecule has 0 spiro atoms. The zero-order valence-electron chi connectivity index (χ0n) is 25.6. The molecule has 1 saturated heterocycles. The second kappa shape index (κ2) is 12.1. The smallest absolute Gasteiger partial charge is 0.350 e. The summed E-state index contributed by atoms with van der Waals surface area (Å²) in [4.78, 5) is 50.4. The number of Topliss-reactive ketones (excluding diaryl/α,β-unsaturated/α-hetero) is 1. The highest BCUT2D eigenvalue weighted by Crippen LogP contribution is 2.46. The average Bonchev–Trinajstić information content (AvgIpc) is 3.63. The lowest BCUT2D eigenvalue weighted by Crippen LogP contribution is -2.29. The van der Waals surface area contributed by atoms with E-state index in [2.05, 4.69) is 23.8 Å². The summed E-state index contributed by atoms with van der Waals surface area (Å²) in [5, 5.41) is 11.9. The average molecular weight is 619 g/mol. The number of methoxy groups -OCH3 is 2. The number of ketones is 1. The first-order valence-electron chi connectivity index (χ1n) is 14.1. The van der Waals surface area contributed by atoms with Crippen LogP contribution in [0.1, 0.15) is 64.2 Å². The molecule has 44 heavy (non-hydrogen) atoms. The Hall–Kier alpha value is -4.71. The maximum absolute atomic E-state index is 13.8. The summed E-state index contributed by atoms with van der Waals surface area (Å²) in [6, 6.07) is 7.73. The van der Waals surface area contributed by atoms with Gasteiger partial charge in [0.25, 0.3) is 5.78 Å². The van der Waals surface area contributed by atoms with E-state index in [-0.39, 0.29) is 21.3 Å². The summed E-state index contributed by atoms with van der Waals surface area (Å²) in [6.45, 7) is 9.97. The van der Waals surface area contributed by atoms with Crippen LogP contribution in [0.4, 0.5) is 5.13 Å². The van der Waals surface area contributed by atoms with Crippen LogP contribution in [-0.4, -0.2) is 58.0 Å². The van der Waals surface area contributed by atoms with E-state index in [0.717, 1.165) is 23.3 Å². The Labute approximate surface area is 258 Å². The minimum atomic E-state index is -1.12. The molecule has 1 unspecified atom stereocenters. The lowest BCUT2D eigenvalue weighted by Gasteiger charge is -2.24. The Kier molecular flexibility index (Phi) is 8.46. The number of imidazole rings is 1. The van der Waals surface area contributed by atoms with E-state index in [1.165, 1.54) is 19.1 Å². The van der Waals surface area contributed by atoms with Crippen molar-refractivity contribution in [1.29, 1.82) is 0 Å². The first-order valence-corrected chi connectivity index (χ1v) is 14.9. The monoisotopic (exact) mass is 618 g/mol. The number of anilines is 1. The van der Waals surface area contributed by atoms with E-state index in [1.807, 2.05) is 29.7 Å². The molecule has 4 heterocycles. The summed E-state index contributed by atoms with van der Waals surface area (Å²) < 4.78 is 18.3. The van der Waals surface area contributed by atoms with Crippen molar-refractivity contribution < 1.29 is 33.7 Å². The number of carbonyl (C=O) groups is 3. The van der Waals surface area contributed by atoms with Gasteiger partial charge in [-0.25, -0.2) is 14.8 Å². The maximum atomic E-state index is 13.8. The number of thiazole rings is 1. The van der Waals surface area contributed by atoms with Crippen molar-refractivity contribution in [1.82, 2.24) is 14.4 Å². The lowest BCUT2D eigenvalue weighted by molar-refractivity contribution is -0.132. The zero-order chi connectivity index (χ0) is 31.9. The normalized spacial score (nSPS) is 16.3. The first-order chi connectivity index (χ1) is 21.0. The van der Waals surface area contributed by atoms with Gasteiger partial charge in [0, 0.05) is 6.20 Å². The number of aryl methyl sites for hydroxylation is 3. The van der Waals surface area contributed by atoms with Crippen molar-refractivity contribution in [3.05, 3.63) is 75.2 Å². The highest BCUT2D eigenvalue weighted by molar-refractivity contribution is 7.17. The number of amides is 1. The third-order valence-corrected chi connectivity index (χ3v) is 8.71. The van der Waals surface area contributed by atoms with Gasteiger partial charge >= 0.3 is 11.9 Å². The molecule has 0 aliphatic carbocycles. The van der Waals surface area contributed by atoms with Crippen molar-refractivity contribution in [3.63, 3.8) is 0 Å². The van der Waals surface area contributed by atoms with E-state index in [9.17, 15) is 19.5 Å². The SMILES string of the molecule is COC(=O)c1sc(N2C(=O)C(=O)/C(=C(/O)c3nc4c(C)cccn4c3C)C2c2ccc(OCCC(C)C)c(OC)c2)nc1C. The Bertz CT molecular complexity index is 1820. The quantitative estimate of drug-likeness (QED) is 0.111. The minimum absolute atomic E-state index is 0.104. The molecule has 230 valence electrons. The van der Waals surface area contributed by atoms with Crippen LogP contribution in [-0.2, 0) is 14.3 Å². The van der Waals surface area contributed by atoms with Crippen LogP contribution in [0.25, 0.3) is 11.4 Å². The number of ether oxygens (including phenoxy) is 3. The number of carbonyl (C=O) groups excluding carboxylic acids is 3. The fourth-order valence-electron chi connectivity index (χ4n) is 5.16. The van der Waals surface area contributed by atoms with Gasteiger partial charge in [-0.05, 0) is 62.4 Å². The molecule has 1 aliphatic heterocycles. The van der Waals surface area contributed by atoms with Gasteiger partial charge in [0.15, 0.2) is 22.4 Å². The van der Waals surface area contributed by atoms with Crippen LogP contribution in [0.5, 0.6) is 11.5 Å². The molecule has 12 heteroatoms. The van der Waals surface area contributed by atoms with E-state index >= 15 is 0 Å². The van der Waals surface area contributed by atoms with Crippen LogP contribution in [0.3, 0.4) is 0 Å². The fourth-order valence-corrected chi connectivity index (χ4v) is 6.18. The second-order valence-corrected chi connectivity index (χ2v) is 11.9. The van der Waals surface area contributed by atoms with Crippen LogP contribution in [0.2, 0.25) is 0 Å². The second-order valence-electron chi connectivity index (χ2n) is 10.9. The van der Waals surface area contributed by atoms with Gasteiger partial charge in [0.1, 0.15) is 16.2 Å². The van der Waals surface area contributed by atoms with Crippen molar-refractivity contribution in [2.45, 2.75) is 47.1 Å². The number of aliphatic hydroxyl groups is 1. The Morgan fingerprint density at radius 2 is 1.84 bits per heavy atom. The van der Waals surface area contributed by atoms with Crippen molar-refractivity contribution in [2.24, 2.45) is 5.92 Å². The minimum Gasteiger partial charge on any atom is -0.505 e. The van der Waals surface area contributed by atoms with Crippen molar-refractivity contribution in [2.75, 3.05) is 25.7 Å². The molecule has 0 saturated carbocycles. The standard InChI is InChI=1S/C32H34N4O7S/c1-16(2)12-14-43-21-11-10-20(15-22(21)41-6)25-23(26(37)24-19(5)35-13-8-9-17(3)29(35)34-24)27(38)30(39)36(25)32-33-18(4)28(44-32)31(40)42-7/h8-11,13,15-16,25,37H,12,14H2,1-7H3/b26-23+. The molecule has 1 aromatic carbocycles. The molecule has 1 fully saturated rings. The summed E-state index contributed by atoms with van der Waals surface area (Å²) in [6.07, 6.45) is 2.65. The Balaban J connectivity index is 1.71. The molecule has 1 N–H and O–H groups in total. The molecular formula is C32H34N4O7S.